The lowest BCUT2D eigenvalue weighted by Crippen LogP contribution is -2.48. The maximum Gasteiger partial charge on any atom is 0.161 e. The van der Waals surface area contributed by atoms with Gasteiger partial charge in [-0.3, -0.25) is 4.90 Å². The Kier molecular flexibility index (Phi) is 6.18. The normalized spacial score (nSPS) is 27.2. The number of benzene rings is 1. The van der Waals surface area contributed by atoms with Crippen molar-refractivity contribution in [2.45, 2.75) is 13.5 Å². The van der Waals surface area contributed by atoms with Crippen LogP contribution >= 0.6 is 0 Å². The maximum absolute atomic E-state index is 9.90. The topological polar surface area (TPSA) is 48.4 Å². The van der Waals surface area contributed by atoms with Gasteiger partial charge in [0.15, 0.2) is 11.5 Å². The van der Waals surface area contributed by atoms with Crippen molar-refractivity contribution in [3.63, 3.8) is 0 Å². The summed E-state index contributed by atoms with van der Waals surface area (Å²) in [7, 11) is 0. The highest BCUT2D eigenvalue weighted by Crippen LogP contribution is 2.32. The predicted octanol–water partition coefficient (Wildman–Crippen LogP) is 1.14. The minimum atomic E-state index is 0.289. The molecular formula is C21H33N3O3. The summed E-state index contributed by atoms with van der Waals surface area (Å²) in [4.78, 5) is 7.59. The smallest absolute Gasteiger partial charge is 0.161 e. The molecule has 2 unspecified atom stereocenters. The third-order valence-electron chi connectivity index (χ3n) is 6.30. The molecule has 1 N–H and O–H groups in total. The van der Waals surface area contributed by atoms with Gasteiger partial charge in [0.2, 0.25) is 0 Å². The van der Waals surface area contributed by atoms with Gasteiger partial charge in [0, 0.05) is 59.0 Å². The largest absolute Gasteiger partial charge is 0.486 e. The third-order valence-corrected chi connectivity index (χ3v) is 6.30. The van der Waals surface area contributed by atoms with Gasteiger partial charge in [-0.15, -0.1) is 0 Å². The van der Waals surface area contributed by atoms with E-state index in [0.717, 1.165) is 57.3 Å². The number of fused-ring (bicyclic) bond motifs is 1. The summed E-state index contributed by atoms with van der Waals surface area (Å²) in [5, 5.41) is 9.90. The quantitative estimate of drug-likeness (QED) is 0.805. The lowest BCUT2D eigenvalue weighted by atomic mass is 9.96. The maximum atomic E-state index is 9.90. The zero-order chi connectivity index (χ0) is 18.6. The van der Waals surface area contributed by atoms with Gasteiger partial charge in [-0.25, -0.2) is 0 Å². The highest BCUT2D eigenvalue weighted by Gasteiger charge is 2.34. The van der Waals surface area contributed by atoms with Gasteiger partial charge in [-0.2, -0.15) is 0 Å². The molecule has 2 fully saturated rings. The van der Waals surface area contributed by atoms with Crippen LogP contribution in [0.15, 0.2) is 18.2 Å². The van der Waals surface area contributed by atoms with Crippen LogP contribution in [0.25, 0.3) is 0 Å². The number of ether oxygens (including phenoxy) is 2. The van der Waals surface area contributed by atoms with Gasteiger partial charge >= 0.3 is 0 Å². The Morgan fingerprint density at radius 3 is 2.37 bits per heavy atom. The fourth-order valence-electron chi connectivity index (χ4n) is 4.64. The van der Waals surface area contributed by atoms with Gasteiger partial charge < -0.3 is 24.4 Å². The minimum absolute atomic E-state index is 0.289. The van der Waals surface area contributed by atoms with Crippen LogP contribution in [0.5, 0.6) is 11.5 Å². The molecule has 0 bridgehead atoms. The number of hydrogen-bond acceptors (Lipinski definition) is 6. The molecule has 0 amide bonds. The zero-order valence-electron chi connectivity index (χ0n) is 16.5. The van der Waals surface area contributed by atoms with Gasteiger partial charge in [-0.1, -0.05) is 13.0 Å². The fourth-order valence-corrected chi connectivity index (χ4v) is 4.64. The Balaban J connectivity index is 1.32. The highest BCUT2D eigenvalue weighted by molar-refractivity contribution is 5.43. The molecule has 2 atom stereocenters. The molecule has 150 valence electrons. The first-order valence-electron chi connectivity index (χ1n) is 10.4. The summed E-state index contributed by atoms with van der Waals surface area (Å²) in [5.74, 6) is 2.65. The van der Waals surface area contributed by atoms with Crippen LogP contribution < -0.4 is 9.47 Å². The average molecular weight is 376 g/mol. The first kappa shape index (κ1) is 19.0. The van der Waals surface area contributed by atoms with E-state index >= 15 is 0 Å². The third kappa shape index (κ3) is 4.57. The van der Waals surface area contributed by atoms with Gasteiger partial charge in [0.25, 0.3) is 0 Å². The van der Waals surface area contributed by atoms with Crippen LogP contribution in [0.2, 0.25) is 0 Å². The second kappa shape index (κ2) is 8.78. The lowest BCUT2D eigenvalue weighted by Gasteiger charge is -2.36. The van der Waals surface area contributed by atoms with E-state index in [-0.39, 0.29) is 6.61 Å². The van der Waals surface area contributed by atoms with Crippen LogP contribution in [-0.4, -0.2) is 92.0 Å². The van der Waals surface area contributed by atoms with Crippen molar-refractivity contribution in [3.05, 3.63) is 23.8 Å². The van der Waals surface area contributed by atoms with Crippen LogP contribution in [-0.2, 0) is 6.54 Å². The second-order valence-electron chi connectivity index (χ2n) is 8.11. The molecular weight excluding hydrogens is 342 g/mol. The zero-order valence-corrected chi connectivity index (χ0v) is 16.5. The van der Waals surface area contributed by atoms with Crippen molar-refractivity contribution >= 4 is 0 Å². The van der Waals surface area contributed by atoms with Gasteiger partial charge in [-0.05, 0) is 36.1 Å². The lowest BCUT2D eigenvalue weighted by molar-refractivity contribution is 0.106. The van der Waals surface area contributed by atoms with E-state index in [9.17, 15) is 5.11 Å². The molecule has 1 aromatic carbocycles. The second-order valence-corrected chi connectivity index (χ2v) is 8.11. The molecule has 3 aliphatic rings. The number of aliphatic hydroxyl groups is 1. The Bertz CT molecular complexity index is 619. The highest BCUT2D eigenvalue weighted by atomic mass is 16.6. The molecule has 3 aliphatic heterocycles. The number of piperazine rings is 1. The monoisotopic (exact) mass is 375 g/mol. The van der Waals surface area contributed by atoms with E-state index in [0.29, 0.717) is 25.0 Å². The molecule has 6 nitrogen and oxygen atoms in total. The van der Waals surface area contributed by atoms with E-state index in [1.807, 2.05) is 6.07 Å². The number of rotatable bonds is 6. The molecule has 4 rings (SSSR count). The van der Waals surface area contributed by atoms with Crippen molar-refractivity contribution in [2.24, 2.45) is 11.8 Å². The van der Waals surface area contributed by atoms with E-state index < -0.39 is 0 Å². The Labute approximate surface area is 162 Å². The summed E-state index contributed by atoms with van der Waals surface area (Å²) in [6, 6.07) is 6.27. The number of likely N-dealkylation sites (tertiary alicyclic amines) is 1. The SMILES string of the molecule is CCN1CCN(CC2CN(Cc3ccc4c(c3)OCCO4)CC2CO)CC1. The summed E-state index contributed by atoms with van der Waals surface area (Å²) >= 11 is 0. The van der Waals surface area contributed by atoms with E-state index in [2.05, 4.69) is 33.8 Å². The molecule has 0 saturated carbocycles. The molecule has 0 radical (unpaired) electrons. The van der Waals surface area contributed by atoms with Crippen LogP contribution in [0.1, 0.15) is 12.5 Å². The Morgan fingerprint density at radius 1 is 0.926 bits per heavy atom. The summed E-state index contributed by atoms with van der Waals surface area (Å²) in [6.45, 7) is 13.7. The minimum Gasteiger partial charge on any atom is -0.486 e. The number of nitrogens with zero attached hydrogens (tertiary/aromatic N) is 3. The summed E-state index contributed by atoms with van der Waals surface area (Å²) in [5.41, 5.74) is 1.26. The molecule has 3 heterocycles. The van der Waals surface area contributed by atoms with Crippen LogP contribution in [0.3, 0.4) is 0 Å². The first-order chi connectivity index (χ1) is 13.2. The predicted molar refractivity (Wildman–Crippen MR) is 105 cm³/mol. The van der Waals surface area contributed by atoms with Crippen molar-refractivity contribution in [1.82, 2.24) is 14.7 Å². The fraction of sp³-hybridized carbons (Fsp3) is 0.714. The number of hydrogen-bond donors (Lipinski definition) is 1. The average Bonchev–Trinajstić information content (AvgIpc) is 3.09. The molecule has 0 aromatic heterocycles. The van der Waals surface area contributed by atoms with Crippen LogP contribution in [0.4, 0.5) is 0 Å². The molecule has 0 spiro atoms. The van der Waals surface area contributed by atoms with Gasteiger partial charge in [0.1, 0.15) is 13.2 Å². The standard InChI is InChI=1S/C21H33N3O3/c1-2-22-5-7-23(8-6-22)13-18-14-24(15-19(18)16-25)12-17-3-4-20-21(11-17)27-10-9-26-20/h3-4,11,18-19,25H,2,5-10,12-16H2,1H3. The molecule has 1 aromatic rings. The number of aliphatic hydroxyl groups excluding tert-OH is 1. The van der Waals surface area contributed by atoms with Crippen molar-refractivity contribution in [2.75, 3.05) is 72.2 Å². The molecule has 0 aliphatic carbocycles. The summed E-state index contributed by atoms with van der Waals surface area (Å²) < 4.78 is 11.3. The Hall–Kier alpha value is -1.34. The van der Waals surface area contributed by atoms with Gasteiger partial charge in [0.05, 0.1) is 0 Å². The first-order valence-corrected chi connectivity index (χ1v) is 10.4. The van der Waals surface area contributed by atoms with Crippen molar-refractivity contribution < 1.29 is 14.6 Å². The Morgan fingerprint density at radius 2 is 1.63 bits per heavy atom. The van der Waals surface area contributed by atoms with Crippen molar-refractivity contribution in [1.29, 1.82) is 0 Å². The molecule has 6 heteroatoms. The molecule has 2 saturated heterocycles. The van der Waals surface area contributed by atoms with Crippen LogP contribution in [0, 0.1) is 11.8 Å². The number of likely N-dealkylation sites (N-methyl/N-ethyl adjacent to an activating group) is 1. The van der Waals surface area contributed by atoms with E-state index in [1.54, 1.807) is 0 Å². The van der Waals surface area contributed by atoms with E-state index in [1.165, 1.54) is 18.7 Å². The van der Waals surface area contributed by atoms with Crippen molar-refractivity contribution in [3.8, 4) is 11.5 Å². The van der Waals surface area contributed by atoms with E-state index in [4.69, 9.17) is 9.47 Å². The summed E-state index contributed by atoms with van der Waals surface area (Å²) in [6.07, 6.45) is 0. The molecule has 27 heavy (non-hydrogen) atoms.